The number of hydrogen-bond acceptors (Lipinski definition) is 5. The van der Waals surface area contributed by atoms with Crippen molar-refractivity contribution in [2.24, 2.45) is 0 Å². The number of anilines is 1. The second kappa shape index (κ2) is 12.4. The maximum Gasteiger partial charge on any atom is 0.322 e. The summed E-state index contributed by atoms with van der Waals surface area (Å²) < 4.78 is 12.1. The molecule has 2 atom stereocenters. The molecule has 7 nitrogen and oxygen atoms in total. The topological polar surface area (TPSA) is 71.1 Å². The number of aryl methyl sites for hydroxylation is 2. The van der Waals surface area contributed by atoms with E-state index in [4.69, 9.17) is 21.1 Å². The van der Waals surface area contributed by atoms with E-state index in [1.165, 1.54) is 10.4 Å². The molecule has 5 rings (SSSR count). The molecule has 2 aliphatic heterocycles. The smallest absolute Gasteiger partial charge is 0.322 e. The van der Waals surface area contributed by atoms with Crippen LogP contribution in [0.15, 0.2) is 53.9 Å². The fourth-order valence-corrected chi connectivity index (χ4v) is 6.40. The monoisotopic (exact) mass is 567 g/mol. The van der Waals surface area contributed by atoms with Gasteiger partial charge in [-0.25, -0.2) is 4.79 Å². The predicted octanol–water partition coefficient (Wildman–Crippen LogP) is 6.24. The lowest BCUT2D eigenvalue weighted by Crippen LogP contribution is -2.50. The summed E-state index contributed by atoms with van der Waals surface area (Å²) in [6.07, 6.45) is 2.52. The van der Waals surface area contributed by atoms with E-state index in [0.29, 0.717) is 37.0 Å². The maximum atomic E-state index is 13.8. The van der Waals surface area contributed by atoms with Crippen LogP contribution < -0.4 is 10.1 Å². The third-order valence-corrected chi connectivity index (χ3v) is 8.51. The summed E-state index contributed by atoms with van der Waals surface area (Å²) in [4.78, 5) is 31.9. The van der Waals surface area contributed by atoms with Crippen molar-refractivity contribution in [3.05, 3.63) is 80.5 Å². The Kier molecular flexibility index (Phi) is 8.75. The first-order valence-electron chi connectivity index (χ1n) is 13.4. The van der Waals surface area contributed by atoms with E-state index in [0.717, 1.165) is 36.1 Å². The molecule has 2 unspecified atom stereocenters. The van der Waals surface area contributed by atoms with Crippen LogP contribution in [-0.2, 0) is 16.0 Å². The Hall–Kier alpha value is -3.07. The average Bonchev–Trinajstić information content (AvgIpc) is 3.60. The van der Waals surface area contributed by atoms with E-state index in [9.17, 15) is 9.59 Å². The number of benzene rings is 2. The molecule has 9 heteroatoms. The quantitative estimate of drug-likeness (QED) is 0.350. The Morgan fingerprint density at radius 3 is 2.85 bits per heavy atom. The van der Waals surface area contributed by atoms with E-state index < -0.39 is 0 Å². The Bertz CT molecular complexity index is 1320. The highest BCUT2D eigenvalue weighted by molar-refractivity contribution is 7.10. The van der Waals surface area contributed by atoms with Gasteiger partial charge >= 0.3 is 6.03 Å². The first kappa shape index (κ1) is 27.5. The molecule has 2 aliphatic rings. The second-order valence-electron chi connectivity index (χ2n) is 10.2. The number of thiophene rings is 1. The van der Waals surface area contributed by atoms with Gasteiger partial charge in [-0.2, -0.15) is 0 Å². The van der Waals surface area contributed by atoms with Gasteiger partial charge in [-0.05, 0) is 79.9 Å². The summed E-state index contributed by atoms with van der Waals surface area (Å²) in [5.74, 6) is 0.705. The van der Waals surface area contributed by atoms with Gasteiger partial charge in [-0.15, -0.1) is 11.3 Å². The van der Waals surface area contributed by atoms with Crippen molar-refractivity contribution in [3.8, 4) is 5.75 Å². The number of ether oxygens (including phenoxy) is 2. The van der Waals surface area contributed by atoms with Crippen LogP contribution in [0.2, 0.25) is 5.02 Å². The van der Waals surface area contributed by atoms with Crippen LogP contribution >= 0.6 is 22.9 Å². The third-order valence-electron chi connectivity index (χ3n) is 7.28. The molecule has 0 saturated carbocycles. The Morgan fingerprint density at radius 1 is 1.21 bits per heavy atom. The third kappa shape index (κ3) is 6.75. The fraction of sp³-hybridized carbons (Fsp3) is 0.400. The van der Waals surface area contributed by atoms with Crippen LogP contribution in [0.4, 0.5) is 10.5 Å². The van der Waals surface area contributed by atoms with Gasteiger partial charge in [0.2, 0.25) is 5.91 Å². The van der Waals surface area contributed by atoms with E-state index in [2.05, 4.69) is 29.8 Å². The molecule has 3 amide bonds. The molecule has 3 aromatic rings. The van der Waals surface area contributed by atoms with Gasteiger partial charge in [0, 0.05) is 35.3 Å². The van der Waals surface area contributed by atoms with Gasteiger partial charge in [0.15, 0.2) is 0 Å². The normalized spacial score (nSPS) is 18.5. The van der Waals surface area contributed by atoms with Crippen molar-refractivity contribution in [1.29, 1.82) is 0 Å². The van der Waals surface area contributed by atoms with E-state index in [1.54, 1.807) is 40.5 Å². The number of rotatable bonds is 8. The standard InChI is InChI=1S/C30H34ClN3O4S/c1-20-8-9-27(21(2)15-20)38-19-26-25-11-14-39-28(25)10-12-34(26)29(35)18-33(17-24-7-4-13-37-24)30(36)32-23-6-3-5-22(31)16-23/h3,5-6,8-9,11,14-16,24,26H,4,7,10,12-13,17-19H2,1-2H3,(H,32,36). The predicted molar refractivity (Wildman–Crippen MR) is 155 cm³/mol. The number of amides is 3. The van der Waals surface area contributed by atoms with E-state index in [1.807, 2.05) is 24.0 Å². The molecular weight excluding hydrogens is 534 g/mol. The second-order valence-corrected chi connectivity index (χ2v) is 11.6. The number of hydrogen-bond donors (Lipinski definition) is 1. The lowest BCUT2D eigenvalue weighted by atomic mass is 10.00. The molecular formula is C30H34ClN3O4S. The van der Waals surface area contributed by atoms with E-state index in [-0.39, 0.29) is 30.6 Å². The molecule has 2 aromatic carbocycles. The van der Waals surface area contributed by atoms with Gasteiger partial charge in [0.25, 0.3) is 0 Å². The van der Waals surface area contributed by atoms with Crippen molar-refractivity contribution in [1.82, 2.24) is 9.80 Å². The lowest BCUT2D eigenvalue weighted by Gasteiger charge is -2.37. The molecule has 3 heterocycles. The number of carbonyl (C=O) groups is 2. The Labute approximate surface area is 238 Å². The van der Waals surface area contributed by atoms with Crippen molar-refractivity contribution in [2.75, 3.05) is 38.2 Å². The number of carbonyl (C=O) groups excluding carboxylic acids is 2. The molecule has 0 radical (unpaired) electrons. The van der Waals surface area contributed by atoms with Crippen LogP contribution in [0.5, 0.6) is 5.75 Å². The van der Waals surface area contributed by atoms with Crippen LogP contribution in [0, 0.1) is 13.8 Å². The van der Waals surface area contributed by atoms with Gasteiger partial charge < -0.3 is 24.6 Å². The van der Waals surface area contributed by atoms with Crippen molar-refractivity contribution >= 4 is 40.6 Å². The van der Waals surface area contributed by atoms with Crippen LogP contribution in [-0.4, -0.2) is 60.7 Å². The van der Waals surface area contributed by atoms with E-state index >= 15 is 0 Å². The molecule has 1 fully saturated rings. The van der Waals surface area contributed by atoms with Crippen LogP contribution in [0.3, 0.4) is 0 Å². The highest BCUT2D eigenvalue weighted by Gasteiger charge is 2.34. The van der Waals surface area contributed by atoms with Gasteiger partial charge in [0.05, 0.1) is 12.1 Å². The van der Waals surface area contributed by atoms with Gasteiger partial charge in [-0.3, -0.25) is 4.79 Å². The number of fused-ring (bicyclic) bond motifs is 1. The fourth-order valence-electron chi connectivity index (χ4n) is 5.28. The first-order chi connectivity index (χ1) is 18.9. The highest BCUT2D eigenvalue weighted by Crippen LogP contribution is 2.34. The number of nitrogens with one attached hydrogen (secondary N) is 1. The highest BCUT2D eigenvalue weighted by atomic mass is 35.5. The molecule has 39 heavy (non-hydrogen) atoms. The summed E-state index contributed by atoms with van der Waals surface area (Å²) in [7, 11) is 0. The number of urea groups is 1. The molecule has 206 valence electrons. The zero-order valence-corrected chi connectivity index (χ0v) is 23.9. The summed E-state index contributed by atoms with van der Waals surface area (Å²) in [6, 6.07) is 14.6. The van der Waals surface area contributed by atoms with Crippen LogP contribution in [0.1, 0.15) is 40.5 Å². The minimum Gasteiger partial charge on any atom is -0.491 e. The largest absolute Gasteiger partial charge is 0.491 e. The van der Waals surface area contributed by atoms with Crippen LogP contribution in [0.25, 0.3) is 0 Å². The minimum atomic E-state index is -0.350. The summed E-state index contributed by atoms with van der Waals surface area (Å²) in [6.45, 7) is 5.99. The molecule has 1 N–H and O–H groups in total. The van der Waals surface area contributed by atoms with Gasteiger partial charge in [-0.1, -0.05) is 35.4 Å². The van der Waals surface area contributed by atoms with Crippen molar-refractivity contribution < 1.29 is 19.1 Å². The van der Waals surface area contributed by atoms with Crippen molar-refractivity contribution in [2.45, 2.75) is 45.3 Å². The molecule has 0 spiro atoms. The number of halogens is 1. The van der Waals surface area contributed by atoms with Crippen molar-refractivity contribution in [3.63, 3.8) is 0 Å². The zero-order valence-electron chi connectivity index (χ0n) is 22.3. The molecule has 0 aliphatic carbocycles. The summed E-state index contributed by atoms with van der Waals surface area (Å²) in [5, 5.41) is 5.50. The summed E-state index contributed by atoms with van der Waals surface area (Å²) >= 11 is 7.83. The molecule has 0 bridgehead atoms. The molecule has 1 saturated heterocycles. The number of nitrogens with zero attached hydrogens (tertiary/aromatic N) is 2. The Morgan fingerprint density at radius 2 is 2.08 bits per heavy atom. The first-order valence-corrected chi connectivity index (χ1v) is 14.6. The Balaban J connectivity index is 1.33. The maximum absolute atomic E-state index is 13.8. The SMILES string of the molecule is Cc1ccc(OCC2c3ccsc3CCN2C(=O)CN(CC2CCCO2)C(=O)Nc2cccc(Cl)c2)c(C)c1. The zero-order chi connectivity index (χ0) is 27.4. The molecule has 1 aromatic heterocycles. The lowest BCUT2D eigenvalue weighted by molar-refractivity contribution is -0.135. The van der Waals surface area contributed by atoms with Gasteiger partial charge in [0.1, 0.15) is 18.9 Å². The average molecular weight is 568 g/mol. The minimum absolute atomic E-state index is 0.0498. The summed E-state index contributed by atoms with van der Waals surface area (Å²) in [5.41, 5.74) is 3.95.